The van der Waals surface area contributed by atoms with E-state index in [1.807, 2.05) is 14.0 Å². The minimum atomic E-state index is 0.534. The molecule has 1 N–H and O–H groups in total. The highest BCUT2D eigenvalue weighted by molar-refractivity contribution is 6.30. The van der Waals surface area contributed by atoms with Crippen molar-refractivity contribution in [1.29, 1.82) is 0 Å². The summed E-state index contributed by atoms with van der Waals surface area (Å²) in [5.74, 6) is 0. The average Bonchev–Trinajstić information content (AvgIpc) is 2.49. The van der Waals surface area contributed by atoms with Crippen molar-refractivity contribution in [3.63, 3.8) is 0 Å². The van der Waals surface area contributed by atoms with Crippen molar-refractivity contribution in [3.05, 3.63) is 16.4 Å². The van der Waals surface area contributed by atoms with Crippen molar-refractivity contribution in [1.82, 2.24) is 15.1 Å². The van der Waals surface area contributed by atoms with Crippen LogP contribution in [0.2, 0.25) is 5.15 Å². The maximum Gasteiger partial charge on any atom is 0.132 e. The first-order valence-corrected chi connectivity index (χ1v) is 6.01. The highest BCUT2D eigenvalue weighted by atomic mass is 35.5. The fraction of sp³-hybridized carbons (Fsp3) is 0.727. The predicted molar refractivity (Wildman–Crippen MR) is 65.8 cm³/mol. The quantitative estimate of drug-likeness (QED) is 0.746. The van der Waals surface area contributed by atoms with Crippen LogP contribution in [0.15, 0.2) is 0 Å². The number of aryl methyl sites for hydroxylation is 2. The second-order valence-electron chi connectivity index (χ2n) is 3.78. The third-order valence-corrected chi connectivity index (χ3v) is 2.84. The molecule has 0 unspecified atom stereocenters. The Hall–Kier alpha value is -0.580. The Morgan fingerprint density at radius 1 is 1.44 bits per heavy atom. The van der Waals surface area contributed by atoms with Crippen molar-refractivity contribution in [2.24, 2.45) is 7.05 Å². The van der Waals surface area contributed by atoms with Crippen LogP contribution in [0.4, 0.5) is 0 Å². The lowest BCUT2D eigenvalue weighted by Crippen LogP contribution is -2.20. The van der Waals surface area contributed by atoms with Crippen LogP contribution in [0.25, 0.3) is 0 Å². The van der Waals surface area contributed by atoms with Crippen molar-refractivity contribution in [2.75, 3.05) is 19.7 Å². The Kier molecular flexibility index (Phi) is 5.80. The number of rotatable bonds is 7. The zero-order valence-electron chi connectivity index (χ0n) is 10.2. The average molecular weight is 246 g/mol. The Morgan fingerprint density at radius 3 is 2.75 bits per heavy atom. The van der Waals surface area contributed by atoms with E-state index in [1.165, 1.54) is 0 Å². The lowest BCUT2D eigenvalue weighted by atomic mass is 10.3. The lowest BCUT2D eigenvalue weighted by molar-refractivity contribution is 0.122. The first-order chi connectivity index (χ1) is 7.66. The molecule has 4 nitrogen and oxygen atoms in total. The van der Waals surface area contributed by atoms with Crippen LogP contribution in [0.3, 0.4) is 0 Å². The molecule has 0 saturated heterocycles. The summed E-state index contributed by atoms with van der Waals surface area (Å²) >= 11 is 6.08. The van der Waals surface area contributed by atoms with E-state index in [1.54, 1.807) is 4.68 Å². The number of ether oxygens (including phenoxy) is 1. The summed E-state index contributed by atoms with van der Waals surface area (Å²) in [5, 5.41) is 8.17. The summed E-state index contributed by atoms with van der Waals surface area (Å²) in [6.45, 7) is 7.24. The largest absolute Gasteiger partial charge is 0.375 e. The van der Waals surface area contributed by atoms with Crippen LogP contribution in [-0.2, 0) is 18.4 Å². The molecular weight excluding hydrogens is 226 g/mol. The monoisotopic (exact) mass is 245 g/mol. The highest BCUT2D eigenvalue weighted by Gasteiger charge is 2.10. The number of hydrogen-bond donors (Lipinski definition) is 1. The van der Waals surface area contributed by atoms with Crippen molar-refractivity contribution >= 4 is 11.6 Å². The Labute approximate surface area is 102 Å². The normalized spacial score (nSPS) is 11.0. The van der Waals surface area contributed by atoms with E-state index >= 15 is 0 Å². The molecule has 0 radical (unpaired) electrons. The van der Waals surface area contributed by atoms with Crippen molar-refractivity contribution < 1.29 is 4.74 Å². The van der Waals surface area contributed by atoms with Crippen LogP contribution in [0, 0.1) is 6.92 Å². The molecule has 0 fully saturated rings. The molecule has 0 aromatic carbocycles. The Bertz CT molecular complexity index is 325. The van der Waals surface area contributed by atoms with Crippen molar-refractivity contribution in [2.45, 2.75) is 26.9 Å². The zero-order valence-corrected chi connectivity index (χ0v) is 11.0. The molecule has 1 aromatic heterocycles. The minimum Gasteiger partial charge on any atom is -0.375 e. The van der Waals surface area contributed by atoms with E-state index in [-0.39, 0.29) is 0 Å². The summed E-state index contributed by atoms with van der Waals surface area (Å²) in [7, 11) is 1.83. The number of hydrogen-bond acceptors (Lipinski definition) is 3. The van der Waals surface area contributed by atoms with Gasteiger partial charge in [0.15, 0.2) is 0 Å². The Balaban J connectivity index is 2.26. The first-order valence-electron chi connectivity index (χ1n) is 5.63. The van der Waals surface area contributed by atoms with Gasteiger partial charge in [-0.2, -0.15) is 5.10 Å². The molecule has 1 aromatic rings. The number of nitrogens with zero attached hydrogens (tertiary/aromatic N) is 2. The van der Waals surface area contributed by atoms with Crippen LogP contribution in [0.5, 0.6) is 0 Å². The van der Waals surface area contributed by atoms with Crippen LogP contribution in [-0.4, -0.2) is 29.5 Å². The molecule has 1 rings (SSSR count). The number of nitrogens with one attached hydrogen (secondary N) is 1. The molecule has 0 aliphatic rings. The molecule has 0 amide bonds. The molecule has 0 saturated carbocycles. The van der Waals surface area contributed by atoms with Gasteiger partial charge in [0, 0.05) is 19.2 Å². The molecule has 0 spiro atoms. The van der Waals surface area contributed by atoms with Crippen LogP contribution < -0.4 is 5.32 Å². The topological polar surface area (TPSA) is 39.1 Å². The van der Waals surface area contributed by atoms with Gasteiger partial charge in [-0.1, -0.05) is 18.5 Å². The van der Waals surface area contributed by atoms with Gasteiger partial charge < -0.3 is 10.1 Å². The third-order valence-electron chi connectivity index (χ3n) is 2.37. The summed E-state index contributed by atoms with van der Waals surface area (Å²) in [6.07, 6.45) is 1.15. The predicted octanol–water partition coefficient (Wildman–Crippen LogP) is 1.90. The maximum atomic E-state index is 6.08. The lowest BCUT2D eigenvalue weighted by Gasteiger charge is -2.05. The molecular formula is C11H20ClN3O. The van der Waals surface area contributed by atoms with E-state index < -0.39 is 0 Å². The van der Waals surface area contributed by atoms with Crippen LogP contribution in [0.1, 0.15) is 24.6 Å². The third kappa shape index (κ3) is 3.77. The van der Waals surface area contributed by atoms with E-state index in [2.05, 4.69) is 17.3 Å². The van der Waals surface area contributed by atoms with E-state index in [0.29, 0.717) is 18.4 Å². The zero-order chi connectivity index (χ0) is 12.0. The minimum absolute atomic E-state index is 0.534. The van der Waals surface area contributed by atoms with Gasteiger partial charge in [-0.3, -0.25) is 4.68 Å². The van der Waals surface area contributed by atoms with Gasteiger partial charge in [0.1, 0.15) is 5.15 Å². The number of halogens is 1. The smallest absolute Gasteiger partial charge is 0.132 e. The molecule has 92 valence electrons. The SMILES string of the molecule is CCCNCCOCc1c(C)nn(C)c1Cl. The molecule has 0 aliphatic heterocycles. The first kappa shape index (κ1) is 13.5. The maximum absolute atomic E-state index is 6.08. The molecule has 5 heteroatoms. The molecule has 0 bridgehead atoms. The van der Waals surface area contributed by atoms with Gasteiger partial charge in [0.05, 0.1) is 18.9 Å². The second kappa shape index (κ2) is 6.89. The van der Waals surface area contributed by atoms with Gasteiger partial charge in [-0.25, -0.2) is 0 Å². The summed E-state index contributed by atoms with van der Waals surface area (Å²) < 4.78 is 7.21. The van der Waals surface area contributed by atoms with Crippen molar-refractivity contribution in [3.8, 4) is 0 Å². The van der Waals surface area contributed by atoms with E-state index in [0.717, 1.165) is 30.8 Å². The van der Waals surface area contributed by atoms with E-state index in [4.69, 9.17) is 16.3 Å². The summed E-state index contributed by atoms with van der Waals surface area (Å²) in [4.78, 5) is 0. The summed E-state index contributed by atoms with van der Waals surface area (Å²) in [5.41, 5.74) is 1.92. The van der Waals surface area contributed by atoms with Gasteiger partial charge in [0.2, 0.25) is 0 Å². The molecule has 0 atom stereocenters. The Morgan fingerprint density at radius 2 is 2.19 bits per heavy atom. The van der Waals surface area contributed by atoms with Gasteiger partial charge >= 0.3 is 0 Å². The molecule has 1 heterocycles. The highest BCUT2D eigenvalue weighted by Crippen LogP contribution is 2.19. The van der Waals surface area contributed by atoms with Gasteiger partial charge in [-0.05, 0) is 19.9 Å². The van der Waals surface area contributed by atoms with Gasteiger partial charge in [-0.15, -0.1) is 0 Å². The molecule has 16 heavy (non-hydrogen) atoms. The fourth-order valence-electron chi connectivity index (χ4n) is 1.46. The van der Waals surface area contributed by atoms with Crippen LogP contribution >= 0.6 is 11.6 Å². The van der Waals surface area contributed by atoms with E-state index in [9.17, 15) is 0 Å². The second-order valence-corrected chi connectivity index (χ2v) is 4.14. The summed E-state index contributed by atoms with van der Waals surface area (Å²) in [6, 6.07) is 0. The fourth-order valence-corrected chi connectivity index (χ4v) is 1.69. The van der Waals surface area contributed by atoms with Gasteiger partial charge in [0.25, 0.3) is 0 Å². The molecule has 0 aliphatic carbocycles. The standard InChI is InChI=1S/C11H20ClN3O/c1-4-5-13-6-7-16-8-10-9(2)14-15(3)11(10)12/h13H,4-8H2,1-3H3. The number of aromatic nitrogens is 2.